The van der Waals surface area contributed by atoms with Crippen molar-refractivity contribution < 1.29 is 0 Å². The van der Waals surface area contributed by atoms with E-state index in [0.29, 0.717) is 17.2 Å². The number of imidazole rings is 1. The summed E-state index contributed by atoms with van der Waals surface area (Å²) < 4.78 is 1.94. The van der Waals surface area contributed by atoms with E-state index in [4.69, 9.17) is 5.73 Å². The highest BCUT2D eigenvalue weighted by atomic mass is 32.2. The van der Waals surface area contributed by atoms with Gasteiger partial charge in [-0.1, -0.05) is 42.1 Å². The zero-order valence-corrected chi connectivity index (χ0v) is 11.5. The van der Waals surface area contributed by atoms with Gasteiger partial charge in [-0.15, -0.1) is 0 Å². The molecule has 2 heterocycles. The van der Waals surface area contributed by atoms with E-state index in [1.165, 1.54) is 0 Å². The van der Waals surface area contributed by atoms with Crippen LogP contribution in [0, 0.1) is 0 Å². The number of benzene rings is 1. The summed E-state index contributed by atoms with van der Waals surface area (Å²) in [5.74, 6) is 1.04. The number of thioether (sulfide) groups is 1. The van der Waals surface area contributed by atoms with E-state index in [-0.39, 0.29) is 0 Å². The average molecular weight is 271 g/mol. The maximum absolute atomic E-state index is 6.00. The van der Waals surface area contributed by atoms with E-state index >= 15 is 0 Å². The fourth-order valence-corrected chi connectivity index (χ4v) is 2.50. The Morgan fingerprint density at radius 2 is 1.84 bits per heavy atom. The molecule has 6 heteroatoms. The van der Waals surface area contributed by atoms with Crippen molar-refractivity contribution in [3.05, 3.63) is 30.3 Å². The third kappa shape index (κ3) is 1.94. The van der Waals surface area contributed by atoms with Crippen LogP contribution < -0.4 is 5.73 Å². The Morgan fingerprint density at radius 1 is 1.11 bits per heavy atom. The van der Waals surface area contributed by atoms with Crippen molar-refractivity contribution in [3.8, 4) is 11.4 Å². The van der Waals surface area contributed by atoms with E-state index < -0.39 is 0 Å². The van der Waals surface area contributed by atoms with Crippen molar-refractivity contribution in [1.82, 2.24) is 19.5 Å². The number of aromatic nitrogens is 4. The van der Waals surface area contributed by atoms with Crippen molar-refractivity contribution in [2.24, 2.45) is 7.05 Å². The van der Waals surface area contributed by atoms with Crippen molar-refractivity contribution in [1.29, 1.82) is 0 Å². The monoisotopic (exact) mass is 271 g/mol. The molecule has 0 spiro atoms. The molecule has 5 nitrogen and oxygen atoms in total. The fourth-order valence-electron chi connectivity index (χ4n) is 1.96. The van der Waals surface area contributed by atoms with Crippen LogP contribution in [0.3, 0.4) is 0 Å². The molecule has 0 amide bonds. The number of rotatable bonds is 2. The Labute approximate surface area is 114 Å². The molecule has 0 atom stereocenters. The second-order valence-corrected chi connectivity index (χ2v) is 4.90. The first-order valence-corrected chi connectivity index (χ1v) is 7.02. The summed E-state index contributed by atoms with van der Waals surface area (Å²) in [6, 6.07) is 9.80. The molecule has 2 aromatic heterocycles. The zero-order chi connectivity index (χ0) is 13.4. The van der Waals surface area contributed by atoms with Gasteiger partial charge in [0.05, 0.1) is 0 Å². The van der Waals surface area contributed by atoms with E-state index in [1.54, 1.807) is 11.8 Å². The Balaban J connectivity index is 2.27. The van der Waals surface area contributed by atoms with Gasteiger partial charge in [0.15, 0.2) is 28.0 Å². The van der Waals surface area contributed by atoms with Gasteiger partial charge in [-0.05, 0) is 6.26 Å². The fraction of sp³-hybridized carbons (Fsp3) is 0.154. The van der Waals surface area contributed by atoms with Gasteiger partial charge in [-0.25, -0.2) is 15.0 Å². The topological polar surface area (TPSA) is 69.6 Å². The minimum absolute atomic E-state index is 0.416. The molecular weight excluding hydrogens is 258 g/mol. The summed E-state index contributed by atoms with van der Waals surface area (Å²) in [5.41, 5.74) is 8.36. The summed E-state index contributed by atoms with van der Waals surface area (Å²) >= 11 is 1.56. The van der Waals surface area contributed by atoms with Gasteiger partial charge in [0.1, 0.15) is 0 Å². The lowest BCUT2D eigenvalue weighted by Gasteiger charge is -2.03. The quantitative estimate of drug-likeness (QED) is 0.724. The van der Waals surface area contributed by atoms with Gasteiger partial charge >= 0.3 is 0 Å². The van der Waals surface area contributed by atoms with Crippen molar-refractivity contribution in [3.63, 3.8) is 0 Å². The Kier molecular flexibility index (Phi) is 2.87. The number of nitrogen functional groups attached to an aromatic ring is 1. The molecule has 96 valence electrons. The van der Waals surface area contributed by atoms with Gasteiger partial charge in [-0.3, -0.25) is 0 Å². The molecular formula is C13H13N5S. The molecule has 0 bridgehead atoms. The number of aryl methyl sites for hydroxylation is 1. The van der Waals surface area contributed by atoms with Crippen LogP contribution in [-0.2, 0) is 7.05 Å². The minimum atomic E-state index is 0.416. The van der Waals surface area contributed by atoms with Crippen LogP contribution in [0.4, 0.5) is 5.82 Å². The van der Waals surface area contributed by atoms with E-state index in [9.17, 15) is 0 Å². The number of fused-ring (bicyclic) bond motifs is 1. The largest absolute Gasteiger partial charge is 0.382 e. The summed E-state index contributed by atoms with van der Waals surface area (Å²) in [4.78, 5) is 13.4. The molecule has 1 aromatic carbocycles. The number of nitrogens with two attached hydrogens (primary N) is 1. The first kappa shape index (κ1) is 12.0. The SMILES string of the molecule is CSc1nc2c(N)nc(-c3ccccc3)nc2n1C. The highest BCUT2D eigenvalue weighted by Crippen LogP contribution is 2.25. The Hall–Kier alpha value is -2.08. The van der Waals surface area contributed by atoms with Crippen molar-refractivity contribution in [2.75, 3.05) is 12.0 Å². The Bertz CT molecular complexity index is 736. The van der Waals surface area contributed by atoms with Gasteiger partial charge < -0.3 is 10.3 Å². The second kappa shape index (κ2) is 4.55. The molecule has 3 rings (SSSR count). The molecule has 0 saturated heterocycles. The molecule has 0 unspecified atom stereocenters. The summed E-state index contributed by atoms with van der Waals surface area (Å²) in [6.07, 6.45) is 1.98. The molecule has 0 aliphatic heterocycles. The first-order chi connectivity index (χ1) is 9.20. The van der Waals surface area contributed by atoms with Crippen molar-refractivity contribution in [2.45, 2.75) is 5.16 Å². The maximum atomic E-state index is 6.00. The van der Waals surface area contributed by atoms with Crippen LogP contribution in [0.1, 0.15) is 0 Å². The van der Waals surface area contributed by atoms with Crippen LogP contribution in [0.15, 0.2) is 35.5 Å². The highest BCUT2D eigenvalue weighted by molar-refractivity contribution is 7.98. The number of nitrogens with zero attached hydrogens (tertiary/aromatic N) is 4. The van der Waals surface area contributed by atoms with Gasteiger partial charge in [0.25, 0.3) is 0 Å². The van der Waals surface area contributed by atoms with E-state index in [2.05, 4.69) is 15.0 Å². The lowest BCUT2D eigenvalue weighted by atomic mass is 10.2. The average Bonchev–Trinajstić information content (AvgIpc) is 2.77. The van der Waals surface area contributed by atoms with Crippen LogP contribution >= 0.6 is 11.8 Å². The molecule has 0 aliphatic rings. The molecule has 0 radical (unpaired) electrons. The van der Waals surface area contributed by atoms with Crippen LogP contribution in [0.5, 0.6) is 0 Å². The zero-order valence-electron chi connectivity index (χ0n) is 10.7. The van der Waals surface area contributed by atoms with Crippen LogP contribution in [0.2, 0.25) is 0 Å². The van der Waals surface area contributed by atoms with Crippen LogP contribution in [-0.4, -0.2) is 25.8 Å². The van der Waals surface area contributed by atoms with Crippen molar-refractivity contribution >= 4 is 28.7 Å². The molecule has 2 N–H and O–H groups in total. The highest BCUT2D eigenvalue weighted by Gasteiger charge is 2.14. The molecule has 0 fully saturated rings. The second-order valence-electron chi connectivity index (χ2n) is 4.13. The number of hydrogen-bond donors (Lipinski definition) is 1. The van der Waals surface area contributed by atoms with E-state index in [0.717, 1.165) is 16.4 Å². The van der Waals surface area contributed by atoms with Crippen LogP contribution in [0.25, 0.3) is 22.6 Å². The molecule has 3 aromatic rings. The summed E-state index contributed by atoms with van der Waals surface area (Å²) in [7, 11) is 1.93. The van der Waals surface area contributed by atoms with Gasteiger partial charge in [-0.2, -0.15) is 0 Å². The predicted octanol–water partition coefficient (Wildman–Crippen LogP) is 2.33. The first-order valence-electron chi connectivity index (χ1n) is 5.80. The standard InChI is InChI=1S/C13H13N5S/c1-18-12-9(15-13(18)19-2)10(14)16-11(17-12)8-6-4-3-5-7-8/h3-7H,1-2H3,(H2,14,16,17). The smallest absolute Gasteiger partial charge is 0.169 e. The van der Waals surface area contributed by atoms with Gasteiger partial charge in [0.2, 0.25) is 0 Å². The predicted molar refractivity (Wildman–Crippen MR) is 77.9 cm³/mol. The molecule has 19 heavy (non-hydrogen) atoms. The summed E-state index contributed by atoms with van der Waals surface area (Å²) in [5, 5.41) is 0.876. The third-order valence-corrected chi connectivity index (χ3v) is 3.65. The third-order valence-electron chi connectivity index (χ3n) is 2.92. The molecule has 0 aliphatic carbocycles. The normalized spacial score (nSPS) is 11.1. The van der Waals surface area contributed by atoms with Gasteiger partial charge in [0, 0.05) is 12.6 Å². The number of hydrogen-bond acceptors (Lipinski definition) is 5. The lowest BCUT2D eigenvalue weighted by Crippen LogP contribution is -1.99. The Morgan fingerprint density at radius 3 is 2.53 bits per heavy atom. The minimum Gasteiger partial charge on any atom is -0.382 e. The summed E-state index contributed by atoms with van der Waals surface area (Å²) in [6.45, 7) is 0. The maximum Gasteiger partial charge on any atom is 0.169 e. The lowest BCUT2D eigenvalue weighted by molar-refractivity contribution is 0.807. The number of anilines is 1. The molecule has 0 saturated carbocycles. The van der Waals surface area contributed by atoms with E-state index in [1.807, 2.05) is 48.2 Å².